The zero-order valence-electron chi connectivity index (χ0n) is 19.4. The summed E-state index contributed by atoms with van der Waals surface area (Å²) in [5.74, 6) is -0.00971. The van der Waals surface area contributed by atoms with Gasteiger partial charge in [0.1, 0.15) is 5.82 Å². The second kappa shape index (κ2) is 12.2. The lowest BCUT2D eigenvalue weighted by molar-refractivity contribution is -0.137. The van der Waals surface area contributed by atoms with E-state index < -0.39 is 27.7 Å². The molecule has 0 bridgehead atoms. The van der Waals surface area contributed by atoms with Gasteiger partial charge in [-0.2, -0.15) is 21.6 Å². The fourth-order valence-electron chi connectivity index (χ4n) is 3.58. The van der Waals surface area contributed by atoms with Gasteiger partial charge in [0.15, 0.2) is 0 Å². The third-order valence-corrected chi connectivity index (χ3v) is 7.49. The van der Waals surface area contributed by atoms with Gasteiger partial charge in [-0.1, -0.05) is 23.8 Å². The molecule has 2 heterocycles. The van der Waals surface area contributed by atoms with Crippen molar-refractivity contribution in [2.24, 2.45) is 0 Å². The molecule has 1 fully saturated rings. The van der Waals surface area contributed by atoms with Gasteiger partial charge in [0, 0.05) is 22.3 Å². The molecule has 1 saturated heterocycles. The molecule has 0 radical (unpaired) electrons. The Labute approximate surface area is 212 Å². The lowest BCUT2D eigenvalue weighted by atomic mass is 9.94. The van der Waals surface area contributed by atoms with Gasteiger partial charge in [-0.05, 0) is 75.3 Å². The van der Waals surface area contributed by atoms with Gasteiger partial charge in [-0.15, -0.1) is 11.8 Å². The minimum atomic E-state index is -4.53. The second-order valence-electron chi connectivity index (χ2n) is 8.30. The van der Waals surface area contributed by atoms with Crippen LogP contribution in [0.1, 0.15) is 41.3 Å². The van der Waals surface area contributed by atoms with Crippen LogP contribution in [-0.4, -0.2) is 31.0 Å². The van der Waals surface area contributed by atoms with Crippen LogP contribution < -0.4 is 5.32 Å². The number of nitrogens with zero attached hydrogens (tertiary/aromatic N) is 1. The lowest BCUT2D eigenvalue weighted by Gasteiger charge is -2.22. The van der Waals surface area contributed by atoms with Crippen LogP contribution in [0.2, 0.25) is 0 Å². The number of benzene rings is 2. The highest BCUT2D eigenvalue weighted by molar-refractivity contribution is 7.98. The molecule has 0 unspecified atom stereocenters. The maximum absolute atomic E-state index is 13.9. The third kappa shape index (κ3) is 8.29. The average Bonchev–Trinajstić information content (AvgIpc) is 2.83. The molecular weight excluding hydrogens is 516 g/mol. The van der Waals surface area contributed by atoms with Gasteiger partial charge in [0.2, 0.25) is 0 Å². The fraction of sp³-hybridized carbons (Fsp3) is 0.320. The molecule has 11 heteroatoms. The number of hydrogen-bond donors (Lipinski definition) is 2. The Bertz CT molecular complexity index is 1260. The Balaban J connectivity index is 0.000000275. The minimum absolute atomic E-state index is 0.0666. The van der Waals surface area contributed by atoms with Crippen molar-refractivity contribution in [1.29, 1.82) is 0 Å². The van der Waals surface area contributed by atoms with Crippen LogP contribution in [-0.2, 0) is 22.0 Å². The maximum atomic E-state index is 13.9. The molecule has 4 rings (SSSR count). The van der Waals surface area contributed by atoms with Crippen LogP contribution in [0.3, 0.4) is 0 Å². The summed E-state index contributed by atoms with van der Waals surface area (Å²) in [4.78, 5) is 4.78. The largest absolute Gasteiger partial charge is 0.416 e. The van der Waals surface area contributed by atoms with E-state index in [1.807, 2.05) is 25.1 Å². The van der Waals surface area contributed by atoms with Crippen LogP contribution in [0.4, 0.5) is 17.6 Å². The molecule has 0 atom stereocenters. The van der Waals surface area contributed by atoms with Crippen molar-refractivity contribution >= 4 is 21.9 Å². The molecule has 0 amide bonds. The number of thioether (sulfide) groups is 1. The topological polar surface area (TPSA) is 79.3 Å². The van der Waals surface area contributed by atoms with Crippen molar-refractivity contribution in [3.63, 3.8) is 0 Å². The van der Waals surface area contributed by atoms with Crippen LogP contribution in [0.15, 0.2) is 70.5 Å². The highest BCUT2D eigenvalue weighted by atomic mass is 32.2. The molecule has 1 aromatic heterocycles. The molecule has 2 N–H and O–H groups in total. The lowest BCUT2D eigenvalue weighted by Crippen LogP contribution is -2.27. The summed E-state index contributed by atoms with van der Waals surface area (Å²) in [7, 11) is -4.02. The molecule has 36 heavy (non-hydrogen) atoms. The standard InChI is InChI=1S/C18H18F4N2S.C7H8O3S/c19-15-10-13(18(20,21)22)4-5-17(15)25-11-14-2-1-3-16(24-14)12-6-8-23-9-7-12;1-6-2-4-7(5-3-6)11(8,9)10/h1-5,10,12,23H,6-9,11H2;2-5H,1H3,(H,8,9,10). The quantitative estimate of drug-likeness (QED) is 0.226. The Kier molecular flexibility index (Phi) is 9.51. The number of halogens is 4. The van der Waals surface area contributed by atoms with Crippen molar-refractivity contribution in [2.75, 3.05) is 13.1 Å². The smallest absolute Gasteiger partial charge is 0.317 e. The van der Waals surface area contributed by atoms with E-state index in [4.69, 9.17) is 4.55 Å². The Hall–Kier alpha value is -2.47. The minimum Gasteiger partial charge on any atom is -0.317 e. The van der Waals surface area contributed by atoms with Crippen molar-refractivity contribution in [2.45, 2.75) is 47.4 Å². The first kappa shape index (κ1) is 28.1. The summed E-state index contributed by atoms with van der Waals surface area (Å²) in [6, 6.07) is 14.4. The van der Waals surface area contributed by atoms with Crippen LogP contribution in [0.25, 0.3) is 0 Å². The summed E-state index contributed by atoms with van der Waals surface area (Å²) in [6.45, 7) is 3.79. The maximum Gasteiger partial charge on any atom is 0.416 e. The first-order valence-electron chi connectivity index (χ1n) is 11.1. The molecule has 2 aromatic carbocycles. The van der Waals surface area contributed by atoms with Crippen LogP contribution in [0.5, 0.6) is 0 Å². The molecule has 0 spiro atoms. The predicted molar refractivity (Wildman–Crippen MR) is 131 cm³/mol. The zero-order chi connectivity index (χ0) is 26.3. The van der Waals surface area contributed by atoms with Crippen molar-refractivity contribution in [3.8, 4) is 0 Å². The van der Waals surface area contributed by atoms with E-state index in [-0.39, 0.29) is 9.79 Å². The third-order valence-electron chi connectivity index (χ3n) is 5.54. The second-order valence-corrected chi connectivity index (χ2v) is 10.7. The molecule has 1 aliphatic rings. The number of rotatable bonds is 5. The summed E-state index contributed by atoms with van der Waals surface area (Å²) >= 11 is 1.16. The fourth-order valence-corrected chi connectivity index (χ4v) is 4.88. The van der Waals surface area contributed by atoms with Crippen molar-refractivity contribution in [3.05, 3.63) is 89.0 Å². The first-order valence-corrected chi connectivity index (χ1v) is 13.6. The molecule has 194 valence electrons. The summed E-state index contributed by atoms with van der Waals surface area (Å²) in [5, 5.41) is 3.31. The average molecular weight is 543 g/mol. The molecule has 0 aliphatic carbocycles. The van der Waals surface area contributed by atoms with Gasteiger partial charge in [-0.3, -0.25) is 9.54 Å². The van der Waals surface area contributed by atoms with E-state index in [0.717, 1.165) is 60.7 Å². The number of alkyl halides is 3. The Morgan fingerprint density at radius 1 is 1.06 bits per heavy atom. The van der Waals surface area contributed by atoms with Gasteiger partial charge < -0.3 is 5.32 Å². The monoisotopic (exact) mass is 542 g/mol. The summed E-state index contributed by atoms with van der Waals surface area (Å²) < 4.78 is 81.2. The first-order chi connectivity index (χ1) is 16.9. The van der Waals surface area contributed by atoms with Crippen molar-refractivity contribution < 1.29 is 30.5 Å². The van der Waals surface area contributed by atoms with Crippen LogP contribution >= 0.6 is 11.8 Å². The summed E-state index contributed by atoms with van der Waals surface area (Å²) in [5.41, 5.74) is 1.82. The molecule has 3 aromatic rings. The van der Waals surface area contributed by atoms with Crippen LogP contribution in [0, 0.1) is 12.7 Å². The number of aryl methyl sites for hydroxylation is 1. The number of pyridine rings is 1. The van der Waals surface area contributed by atoms with Gasteiger partial charge in [0.25, 0.3) is 10.1 Å². The molecule has 1 aliphatic heterocycles. The van der Waals surface area contributed by atoms with Gasteiger partial charge >= 0.3 is 6.18 Å². The SMILES string of the molecule is Cc1ccc(S(=O)(=O)O)cc1.Fc1cc(C(F)(F)F)ccc1SCc1cccc(C2CCNCC2)n1. The zero-order valence-corrected chi connectivity index (χ0v) is 21.1. The molecule has 5 nitrogen and oxygen atoms in total. The van der Waals surface area contributed by atoms with E-state index in [0.29, 0.717) is 17.7 Å². The van der Waals surface area contributed by atoms with E-state index in [9.17, 15) is 26.0 Å². The number of aromatic nitrogens is 1. The Morgan fingerprint density at radius 3 is 2.31 bits per heavy atom. The predicted octanol–water partition coefficient (Wildman–Crippen LogP) is 6.24. The van der Waals surface area contributed by atoms with Gasteiger partial charge in [-0.25, -0.2) is 4.39 Å². The van der Waals surface area contributed by atoms with Gasteiger partial charge in [0.05, 0.1) is 16.2 Å². The molecule has 0 saturated carbocycles. The number of nitrogens with one attached hydrogen (secondary N) is 1. The number of hydrogen-bond acceptors (Lipinski definition) is 5. The molecular formula is C25H26F4N2O3S2. The van der Waals surface area contributed by atoms with E-state index in [1.54, 1.807) is 12.1 Å². The highest BCUT2D eigenvalue weighted by Crippen LogP contribution is 2.33. The highest BCUT2D eigenvalue weighted by Gasteiger charge is 2.31. The van der Waals surface area contributed by atoms with Crippen molar-refractivity contribution in [1.82, 2.24) is 10.3 Å². The number of piperidine rings is 1. The van der Waals surface area contributed by atoms with E-state index in [2.05, 4.69) is 10.3 Å². The summed E-state index contributed by atoms with van der Waals surface area (Å²) in [6.07, 6.45) is -2.46. The Morgan fingerprint density at radius 2 is 1.72 bits per heavy atom. The normalized spacial score (nSPS) is 14.7. The van der Waals surface area contributed by atoms with E-state index in [1.165, 1.54) is 18.2 Å². The van der Waals surface area contributed by atoms with E-state index >= 15 is 0 Å².